The monoisotopic (exact) mass is 280 g/mol. The van der Waals surface area contributed by atoms with Gasteiger partial charge >= 0.3 is 99.1 Å². The maximum atomic E-state index is 3.17. The standard InChI is InChI=1S/C13H27.Al.2ClH/c1-4-7-10-13(11-8-5-2)12-9-6-3;;;/h4-12H2,1-3H3;;2*1H/q;+2;;/p-2. The molecule has 0 fully saturated rings. The van der Waals surface area contributed by atoms with Crippen molar-refractivity contribution in [2.24, 2.45) is 0 Å². The summed E-state index contributed by atoms with van der Waals surface area (Å²) in [4.78, 5) is 0. The minimum atomic E-state index is 0. The first-order chi connectivity index (χ1) is 6.68. The molecular formula is C13H27AlCl2. The third kappa shape index (κ3) is 11.6. The number of hydrogen-bond donors (Lipinski definition) is 0. The molecule has 0 aliphatic carbocycles. The van der Waals surface area contributed by atoms with Crippen LogP contribution in [-0.4, -0.2) is 16.3 Å². The first-order valence-electron chi connectivity index (χ1n) is 6.47. The van der Waals surface area contributed by atoms with Crippen molar-refractivity contribution in [2.75, 3.05) is 0 Å². The molecular weight excluding hydrogens is 254 g/mol. The third-order valence-electron chi connectivity index (χ3n) is 3.08. The van der Waals surface area contributed by atoms with Gasteiger partial charge in [-0.1, -0.05) is 0 Å². The molecule has 0 aromatic rings. The average Bonchev–Trinajstić information content (AvgIpc) is 2.21. The molecule has 0 aromatic carbocycles. The molecule has 0 bridgehead atoms. The molecule has 0 aliphatic heterocycles. The maximum absolute atomic E-state index is 3.17. The van der Waals surface area contributed by atoms with Crippen LogP contribution in [0.25, 0.3) is 0 Å². The molecule has 0 rings (SSSR count). The van der Waals surface area contributed by atoms with E-state index in [9.17, 15) is 0 Å². The van der Waals surface area contributed by atoms with Crippen LogP contribution < -0.4 is 24.8 Å². The fraction of sp³-hybridized carbons (Fsp3) is 1.00. The van der Waals surface area contributed by atoms with Crippen LogP contribution in [0, 0.1) is 0 Å². The Labute approximate surface area is 124 Å². The molecule has 0 aliphatic rings. The Bertz CT molecular complexity index is 107. The summed E-state index contributed by atoms with van der Waals surface area (Å²) in [5.74, 6) is 0. The van der Waals surface area contributed by atoms with E-state index in [1.807, 2.05) is 0 Å². The van der Waals surface area contributed by atoms with E-state index in [2.05, 4.69) is 37.1 Å². The first kappa shape index (κ1) is 22.3. The van der Waals surface area contributed by atoms with E-state index in [4.69, 9.17) is 0 Å². The number of rotatable bonds is 9. The van der Waals surface area contributed by atoms with Gasteiger partial charge in [-0.3, -0.25) is 0 Å². The Morgan fingerprint density at radius 3 is 1.12 bits per heavy atom. The van der Waals surface area contributed by atoms with E-state index in [0.29, 0.717) is 4.28 Å². The summed E-state index contributed by atoms with van der Waals surface area (Å²) in [6.07, 6.45) is 12.5. The van der Waals surface area contributed by atoms with Gasteiger partial charge in [-0.25, -0.2) is 0 Å². The summed E-state index contributed by atoms with van der Waals surface area (Å²) in [6, 6.07) is 0. The molecule has 0 atom stereocenters. The van der Waals surface area contributed by atoms with Gasteiger partial charge in [-0.05, 0) is 0 Å². The van der Waals surface area contributed by atoms with Crippen molar-refractivity contribution in [2.45, 2.75) is 82.8 Å². The molecule has 0 unspecified atom stereocenters. The van der Waals surface area contributed by atoms with Crippen molar-refractivity contribution < 1.29 is 24.8 Å². The molecule has 0 N–H and O–H groups in total. The van der Waals surface area contributed by atoms with E-state index in [1.165, 1.54) is 57.8 Å². The summed E-state index contributed by atoms with van der Waals surface area (Å²) in [5.41, 5.74) is 0. The molecule has 0 amide bonds. The topological polar surface area (TPSA) is 0 Å². The molecule has 0 saturated carbocycles. The molecule has 0 aromatic heterocycles. The van der Waals surface area contributed by atoms with E-state index in [1.54, 1.807) is 0 Å². The molecule has 96 valence electrons. The Morgan fingerprint density at radius 1 is 0.688 bits per heavy atom. The van der Waals surface area contributed by atoms with Crippen molar-refractivity contribution in [3.8, 4) is 0 Å². The molecule has 0 nitrogen and oxygen atoms in total. The Balaban J connectivity index is -0.000000845. The van der Waals surface area contributed by atoms with Crippen LogP contribution in [0.3, 0.4) is 0 Å². The van der Waals surface area contributed by atoms with Gasteiger partial charge in [-0.2, -0.15) is 0 Å². The van der Waals surface area contributed by atoms with Gasteiger partial charge < -0.3 is 24.8 Å². The summed E-state index contributed by atoms with van der Waals surface area (Å²) in [5, 5.41) is 0. The summed E-state index contributed by atoms with van der Waals surface area (Å²) >= 11 is 3.17. The van der Waals surface area contributed by atoms with Gasteiger partial charge in [-0.15, -0.1) is 0 Å². The normalized spacial score (nSPS) is 10.6. The van der Waals surface area contributed by atoms with Gasteiger partial charge in [0.2, 0.25) is 0 Å². The Hall–Kier alpha value is 1.11. The van der Waals surface area contributed by atoms with Crippen molar-refractivity contribution in [1.82, 2.24) is 0 Å². The molecule has 16 heavy (non-hydrogen) atoms. The quantitative estimate of drug-likeness (QED) is 0.470. The Morgan fingerprint density at radius 2 is 0.938 bits per heavy atom. The maximum Gasteiger partial charge on any atom is -1.00 e. The number of halogens is 2. The minimum absolute atomic E-state index is 0. The minimum Gasteiger partial charge on any atom is -1.00 e. The van der Waals surface area contributed by atoms with E-state index in [0.717, 1.165) is 0 Å². The SMILES string of the molecule is CCCC[C]([Al+2])(CCCC)CCCC.[Cl-].[Cl-]. The van der Waals surface area contributed by atoms with Crippen molar-refractivity contribution in [3.63, 3.8) is 0 Å². The summed E-state index contributed by atoms with van der Waals surface area (Å²) < 4.78 is 0.571. The smallest absolute Gasteiger partial charge is 1.00 e. The van der Waals surface area contributed by atoms with Crippen molar-refractivity contribution >= 4 is 16.3 Å². The summed E-state index contributed by atoms with van der Waals surface area (Å²) in [6.45, 7) is 6.89. The fourth-order valence-electron chi connectivity index (χ4n) is 1.96. The average molecular weight is 281 g/mol. The molecule has 0 heterocycles. The predicted octanol–water partition coefficient (Wildman–Crippen LogP) is -1.11. The zero-order valence-corrected chi connectivity index (χ0v) is 13.9. The van der Waals surface area contributed by atoms with Crippen LogP contribution in [0.5, 0.6) is 0 Å². The fourth-order valence-corrected chi connectivity index (χ4v) is 2.57. The van der Waals surface area contributed by atoms with Gasteiger partial charge in [0.05, 0.1) is 0 Å². The summed E-state index contributed by atoms with van der Waals surface area (Å²) in [7, 11) is 0. The van der Waals surface area contributed by atoms with Crippen molar-refractivity contribution in [1.29, 1.82) is 0 Å². The van der Waals surface area contributed by atoms with Crippen molar-refractivity contribution in [3.05, 3.63) is 0 Å². The second-order valence-corrected chi connectivity index (χ2v) is 5.90. The second-order valence-electron chi connectivity index (χ2n) is 4.67. The molecule has 0 radical (unpaired) electrons. The zero-order valence-electron chi connectivity index (χ0n) is 11.2. The molecule has 3 heteroatoms. The van der Waals surface area contributed by atoms with Gasteiger partial charge in [0.1, 0.15) is 0 Å². The second kappa shape index (κ2) is 14.2. The molecule has 0 saturated heterocycles. The van der Waals surface area contributed by atoms with Crippen LogP contribution in [0.2, 0.25) is 4.28 Å². The first-order valence-corrected chi connectivity index (χ1v) is 7.05. The van der Waals surface area contributed by atoms with Gasteiger partial charge in [0.25, 0.3) is 0 Å². The van der Waals surface area contributed by atoms with Crippen LogP contribution in [-0.2, 0) is 0 Å². The zero-order chi connectivity index (χ0) is 10.9. The number of unbranched alkanes of at least 4 members (excludes halogenated alkanes) is 3. The van der Waals surface area contributed by atoms with Crippen LogP contribution in [0.4, 0.5) is 0 Å². The van der Waals surface area contributed by atoms with Crippen LogP contribution in [0.15, 0.2) is 0 Å². The largest absolute Gasteiger partial charge is 1.00 e. The van der Waals surface area contributed by atoms with E-state index >= 15 is 0 Å². The molecule has 0 spiro atoms. The van der Waals surface area contributed by atoms with Crippen LogP contribution in [0.1, 0.15) is 78.6 Å². The van der Waals surface area contributed by atoms with Crippen LogP contribution >= 0.6 is 0 Å². The van der Waals surface area contributed by atoms with E-state index in [-0.39, 0.29) is 24.8 Å². The number of hydrogen-bond acceptors (Lipinski definition) is 0. The van der Waals surface area contributed by atoms with Gasteiger partial charge in [0, 0.05) is 0 Å². The van der Waals surface area contributed by atoms with E-state index < -0.39 is 0 Å². The predicted molar refractivity (Wildman–Crippen MR) is 67.0 cm³/mol. The third-order valence-corrected chi connectivity index (χ3v) is 3.95. The van der Waals surface area contributed by atoms with Gasteiger partial charge in [0.15, 0.2) is 0 Å². The Kier molecular flexibility index (Phi) is 19.8.